The Morgan fingerprint density at radius 3 is 1.47 bits per heavy atom. The minimum absolute atomic E-state index is 0.526. The third kappa shape index (κ3) is 6.42. The summed E-state index contributed by atoms with van der Waals surface area (Å²) in [6.45, 7) is 0. The van der Waals surface area contributed by atoms with Crippen LogP contribution in [-0.2, 0) is 0 Å². The second-order valence-electron chi connectivity index (χ2n) is 16.3. The summed E-state index contributed by atoms with van der Waals surface area (Å²) in [7, 11) is 0. The molecule has 13 rings (SSSR count). The van der Waals surface area contributed by atoms with Crippen LogP contribution in [0.25, 0.3) is 127 Å². The van der Waals surface area contributed by atoms with Crippen LogP contribution in [0.2, 0.25) is 0 Å². The van der Waals surface area contributed by atoms with Gasteiger partial charge in [0.15, 0.2) is 34.9 Å². The topological polar surface area (TPSA) is 82.3 Å². The number of para-hydroxylation sites is 1. The molecule has 4 aromatic heterocycles. The van der Waals surface area contributed by atoms with E-state index in [2.05, 4.69) is 126 Å². The minimum Gasteiger partial charge on any atom is -0.308 e. The SMILES string of the molecule is c1ccc(-c2nc(-c3ccccc3)nc(-c3ccc(-n4c5ccccc5c5ccc6sc7ccccc7c6c54)c(-c4nc(-c5ccccc5)nc(-c5ccc6ccccc6c5)n4)c3)n2)cc1. The predicted molar refractivity (Wildman–Crippen MR) is 271 cm³/mol. The second-order valence-corrected chi connectivity index (χ2v) is 17.4. The van der Waals surface area contributed by atoms with Crippen LogP contribution in [0.15, 0.2) is 212 Å². The zero-order valence-electron chi connectivity index (χ0n) is 35.2. The number of aromatic nitrogens is 7. The molecule has 9 aromatic carbocycles. The van der Waals surface area contributed by atoms with E-state index in [0.717, 1.165) is 66.3 Å². The van der Waals surface area contributed by atoms with Crippen LogP contribution >= 0.6 is 11.3 Å². The molecule has 0 aliphatic rings. The van der Waals surface area contributed by atoms with Crippen LogP contribution in [0.4, 0.5) is 0 Å². The van der Waals surface area contributed by atoms with E-state index in [1.165, 1.54) is 25.6 Å². The zero-order valence-corrected chi connectivity index (χ0v) is 36.1. The number of hydrogen-bond donors (Lipinski definition) is 0. The van der Waals surface area contributed by atoms with Gasteiger partial charge in [0, 0.05) is 64.3 Å². The van der Waals surface area contributed by atoms with Crippen molar-refractivity contribution in [1.82, 2.24) is 34.5 Å². The molecule has 0 aliphatic heterocycles. The number of thiophene rings is 1. The molecular formula is C58H35N7S. The number of fused-ring (bicyclic) bond motifs is 8. The van der Waals surface area contributed by atoms with Crippen LogP contribution in [-0.4, -0.2) is 34.5 Å². The van der Waals surface area contributed by atoms with Gasteiger partial charge in [-0.2, -0.15) is 0 Å². The Labute approximate surface area is 383 Å². The normalized spacial score (nSPS) is 11.6. The maximum atomic E-state index is 5.42. The Morgan fingerprint density at radius 1 is 0.318 bits per heavy atom. The van der Waals surface area contributed by atoms with Gasteiger partial charge < -0.3 is 4.57 Å². The lowest BCUT2D eigenvalue weighted by Crippen LogP contribution is -2.05. The fraction of sp³-hybridized carbons (Fsp3) is 0. The number of nitrogens with zero attached hydrogens (tertiary/aromatic N) is 7. The van der Waals surface area contributed by atoms with Crippen LogP contribution in [0.3, 0.4) is 0 Å². The minimum atomic E-state index is 0.526. The fourth-order valence-electron chi connectivity index (χ4n) is 9.17. The Bertz CT molecular complexity index is 3940. The van der Waals surface area contributed by atoms with E-state index in [-0.39, 0.29) is 0 Å². The van der Waals surface area contributed by atoms with Gasteiger partial charge in [0.25, 0.3) is 0 Å². The highest BCUT2D eigenvalue weighted by atomic mass is 32.1. The molecule has 0 saturated carbocycles. The quantitative estimate of drug-likeness (QED) is 0.159. The Kier molecular flexibility index (Phi) is 8.89. The molecule has 0 fully saturated rings. The van der Waals surface area contributed by atoms with Crippen LogP contribution in [0, 0.1) is 0 Å². The summed E-state index contributed by atoms with van der Waals surface area (Å²) in [6.07, 6.45) is 0. The summed E-state index contributed by atoms with van der Waals surface area (Å²) >= 11 is 1.82. The van der Waals surface area contributed by atoms with Gasteiger partial charge >= 0.3 is 0 Å². The highest BCUT2D eigenvalue weighted by Crippen LogP contribution is 2.45. The van der Waals surface area contributed by atoms with E-state index < -0.39 is 0 Å². The van der Waals surface area contributed by atoms with E-state index in [9.17, 15) is 0 Å². The van der Waals surface area contributed by atoms with Crippen molar-refractivity contribution in [1.29, 1.82) is 0 Å². The molecule has 308 valence electrons. The van der Waals surface area contributed by atoms with Crippen molar-refractivity contribution in [3.05, 3.63) is 212 Å². The van der Waals surface area contributed by atoms with Crippen molar-refractivity contribution < 1.29 is 0 Å². The molecule has 0 spiro atoms. The average molecular weight is 862 g/mol. The van der Waals surface area contributed by atoms with E-state index in [0.29, 0.717) is 34.9 Å². The standard InChI is InChI=1S/C58H35N7S/c1-4-17-37(18-5-1)53-59-54(38-19-6-2-7-20-38)61-57(60-53)42-30-32-48(65-47-26-14-12-24-43(47)44-31-33-50-51(52(44)65)45-25-13-15-27-49(45)66-50)46(35-42)58-63-55(39-21-8-3-9-22-39)62-56(64-58)41-29-28-36-16-10-11-23-40(36)34-41/h1-35H. The summed E-state index contributed by atoms with van der Waals surface area (Å²) in [5.41, 5.74) is 8.31. The molecule has 0 atom stereocenters. The third-order valence-corrected chi connectivity index (χ3v) is 13.4. The second kappa shape index (κ2) is 15.5. The van der Waals surface area contributed by atoms with Gasteiger partial charge in [-0.05, 0) is 53.2 Å². The van der Waals surface area contributed by atoms with Gasteiger partial charge in [0.05, 0.1) is 16.7 Å². The van der Waals surface area contributed by atoms with Crippen molar-refractivity contribution in [2.45, 2.75) is 0 Å². The summed E-state index contributed by atoms with van der Waals surface area (Å²) in [5.74, 6) is 3.39. The first-order chi connectivity index (χ1) is 32.7. The maximum Gasteiger partial charge on any atom is 0.166 e. The van der Waals surface area contributed by atoms with E-state index in [4.69, 9.17) is 29.9 Å². The van der Waals surface area contributed by atoms with Crippen molar-refractivity contribution in [2.24, 2.45) is 0 Å². The van der Waals surface area contributed by atoms with Gasteiger partial charge in [-0.25, -0.2) is 29.9 Å². The highest BCUT2D eigenvalue weighted by Gasteiger charge is 2.24. The molecule has 7 nitrogen and oxygen atoms in total. The first-order valence-electron chi connectivity index (χ1n) is 21.9. The number of hydrogen-bond acceptors (Lipinski definition) is 7. The van der Waals surface area contributed by atoms with Crippen LogP contribution in [0.1, 0.15) is 0 Å². The number of rotatable bonds is 7. The molecule has 0 unspecified atom stereocenters. The lowest BCUT2D eigenvalue weighted by atomic mass is 10.0. The van der Waals surface area contributed by atoms with Crippen molar-refractivity contribution in [3.8, 4) is 74.0 Å². The van der Waals surface area contributed by atoms with E-state index in [1.807, 2.05) is 102 Å². The summed E-state index contributed by atoms with van der Waals surface area (Å²) in [5, 5.41) is 7.03. The average Bonchev–Trinajstić information content (AvgIpc) is 3.95. The predicted octanol–water partition coefficient (Wildman–Crippen LogP) is 14.7. The van der Waals surface area contributed by atoms with Gasteiger partial charge in [-0.15, -0.1) is 11.3 Å². The molecule has 0 aliphatic carbocycles. The van der Waals surface area contributed by atoms with E-state index in [1.54, 1.807) is 0 Å². The largest absolute Gasteiger partial charge is 0.308 e. The van der Waals surface area contributed by atoms with Gasteiger partial charge in [0.1, 0.15) is 0 Å². The van der Waals surface area contributed by atoms with E-state index >= 15 is 0 Å². The molecule has 0 amide bonds. The Balaban J connectivity index is 1.13. The fourth-order valence-corrected chi connectivity index (χ4v) is 10.3. The molecule has 13 aromatic rings. The molecular weight excluding hydrogens is 827 g/mol. The third-order valence-electron chi connectivity index (χ3n) is 12.3. The maximum absolute atomic E-state index is 5.42. The first kappa shape index (κ1) is 37.8. The smallest absolute Gasteiger partial charge is 0.166 e. The molecule has 0 N–H and O–H groups in total. The van der Waals surface area contributed by atoms with Gasteiger partial charge in [-0.1, -0.05) is 170 Å². The van der Waals surface area contributed by atoms with Crippen molar-refractivity contribution in [3.63, 3.8) is 0 Å². The first-order valence-corrected chi connectivity index (χ1v) is 22.7. The molecule has 8 heteroatoms. The summed E-state index contributed by atoms with van der Waals surface area (Å²) in [4.78, 5) is 31.3. The number of benzene rings is 9. The summed E-state index contributed by atoms with van der Waals surface area (Å²) in [6, 6.07) is 73.4. The molecule has 66 heavy (non-hydrogen) atoms. The van der Waals surface area contributed by atoms with Crippen molar-refractivity contribution >= 4 is 64.1 Å². The molecule has 0 radical (unpaired) electrons. The lowest BCUT2D eigenvalue weighted by molar-refractivity contribution is 1.06. The van der Waals surface area contributed by atoms with Gasteiger partial charge in [-0.3, -0.25) is 0 Å². The molecule has 0 bridgehead atoms. The monoisotopic (exact) mass is 861 g/mol. The van der Waals surface area contributed by atoms with Gasteiger partial charge in [0.2, 0.25) is 0 Å². The van der Waals surface area contributed by atoms with Crippen LogP contribution in [0.5, 0.6) is 0 Å². The van der Waals surface area contributed by atoms with Crippen molar-refractivity contribution in [2.75, 3.05) is 0 Å². The molecule has 4 heterocycles. The van der Waals surface area contributed by atoms with Crippen LogP contribution < -0.4 is 0 Å². The summed E-state index contributed by atoms with van der Waals surface area (Å²) < 4.78 is 4.88. The lowest BCUT2D eigenvalue weighted by Gasteiger charge is -2.17. The Hall–Kier alpha value is -8.72. The highest BCUT2D eigenvalue weighted by molar-refractivity contribution is 7.26. The zero-order chi connectivity index (χ0) is 43.6. The Morgan fingerprint density at radius 2 is 0.818 bits per heavy atom. The molecule has 0 saturated heterocycles.